The second-order valence-electron chi connectivity index (χ2n) is 9.31. The lowest BCUT2D eigenvalue weighted by Crippen LogP contribution is -2.24. The summed E-state index contributed by atoms with van der Waals surface area (Å²) in [6.07, 6.45) is 6.41. The minimum atomic E-state index is -1.72. The number of nitrogens with one attached hydrogen (secondary N) is 1. The van der Waals surface area contributed by atoms with E-state index in [9.17, 15) is 4.79 Å². The lowest BCUT2D eigenvalue weighted by Gasteiger charge is -2.24. The lowest BCUT2D eigenvalue weighted by atomic mass is 9.92. The van der Waals surface area contributed by atoms with Crippen molar-refractivity contribution in [3.8, 4) is 0 Å². The number of nitrogens with zero attached hydrogens (tertiary/aromatic N) is 2. The van der Waals surface area contributed by atoms with Gasteiger partial charge in [0.1, 0.15) is 25.1 Å². The third-order valence-corrected chi connectivity index (χ3v) is 6.01. The zero-order valence-electron chi connectivity index (χ0n) is 20.0. The minimum absolute atomic E-state index is 0.162. The molecule has 2 heterocycles. The van der Waals surface area contributed by atoms with Crippen LogP contribution in [0.2, 0.25) is 0 Å². The van der Waals surface area contributed by atoms with E-state index in [2.05, 4.69) is 5.32 Å². The molecule has 0 bridgehead atoms. The summed E-state index contributed by atoms with van der Waals surface area (Å²) in [6.45, 7) is 7.18. The molecule has 1 aliphatic carbocycles. The standard InChI is InChI=1S/C23H31Cl4N3O5/c1-22(2,3)18-13-19(28-21(31)35-14-23(25,26)27)30(29-18)17-12-15(7-8-16(17)24)32-10-11-34-20-6-4-5-9-33-20/h8,12-13,17,20H,4-7,9-11,14H2,1-3H3,(H,28,31). The molecule has 1 fully saturated rings. The largest absolute Gasteiger partial charge is 0.495 e. The molecule has 1 saturated heterocycles. The van der Waals surface area contributed by atoms with Crippen molar-refractivity contribution in [1.29, 1.82) is 0 Å². The third-order valence-electron chi connectivity index (χ3n) is 5.30. The predicted molar refractivity (Wildman–Crippen MR) is 137 cm³/mol. The second-order valence-corrected chi connectivity index (χ2v) is 12.3. The maximum atomic E-state index is 12.3. The molecule has 8 nitrogen and oxygen atoms in total. The molecule has 1 aliphatic heterocycles. The van der Waals surface area contributed by atoms with Crippen molar-refractivity contribution in [3.63, 3.8) is 0 Å². The Balaban J connectivity index is 1.70. The summed E-state index contributed by atoms with van der Waals surface area (Å²) >= 11 is 23.6. The van der Waals surface area contributed by atoms with Crippen LogP contribution in [0.15, 0.2) is 29.0 Å². The van der Waals surface area contributed by atoms with Crippen molar-refractivity contribution >= 4 is 58.3 Å². The van der Waals surface area contributed by atoms with Crippen molar-refractivity contribution < 1.29 is 23.7 Å². The van der Waals surface area contributed by atoms with Crippen LogP contribution in [-0.2, 0) is 24.4 Å². The van der Waals surface area contributed by atoms with Gasteiger partial charge in [0.05, 0.1) is 18.1 Å². The van der Waals surface area contributed by atoms with E-state index in [0.717, 1.165) is 37.3 Å². The maximum Gasteiger partial charge on any atom is 0.412 e. The van der Waals surface area contributed by atoms with Crippen molar-refractivity contribution in [2.24, 2.45) is 0 Å². The predicted octanol–water partition coefficient (Wildman–Crippen LogP) is 6.61. The van der Waals surface area contributed by atoms with Gasteiger partial charge in [0.15, 0.2) is 6.29 Å². The molecule has 196 valence electrons. The molecule has 35 heavy (non-hydrogen) atoms. The summed E-state index contributed by atoms with van der Waals surface area (Å²) in [7, 11) is 0. The fourth-order valence-electron chi connectivity index (χ4n) is 3.49. The number of hydrogen-bond donors (Lipinski definition) is 1. The van der Waals surface area contributed by atoms with E-state index in [1.165, 1.54) is 0 Å². The average Bonchev–Trinajstić information content (AvgIpc) is 3.20. The van der Waals surface area contributed by atoms with Gasteiger partial charge in [-0.1, -0.05) is 73.3 Å². The van der Waals surface area contributed by atoms with Gasteiger partial charge < -0.3 is 18.9 Å². The van der Waals surface area contributed by atoms with Gasteiger partial charge in [-0.2, -0.15) is 5.10 Å². The van der Waals surface area contributed by atoms with Crippen molar-refractivity contribution in [1.82, 2.24) is 9.78 Å². The molecule has 1 amide bonds. The average molecular weight is 571 g/mol. The summed E-state index contributed by atoms with van der Waals surface area (Å²) in [4.78, 5) is 12.3. The summed E-state index contributed by atoms with van der Waals surface area (Å²) in [5.41, 5.74) is 0.469. The van der Waals surface area contributed by atoms with Crippen LogP contribution in [0, 0.1) is 0 Å². The number of carbonyl (C=O) groups excluding carboxylic acids is 1. The highest BCUT2D eigenvalue weighted by atomic mass is 35.6. The molecule has 0 saturated carbocycles. The highest BCUT2D eigenvalue weighted by Gasteiger charge is 2.28. The highest BCUT2D eigenvalue weighted by Crippen LogP contribution is 2.35. The molecule has 12 heteroatoms. The molecule has 0 spiro atoms. The van der Waals surface area contributed by atoms with Gasteiger partial charge in [-0.25, -0.2) is 9.48 Å². The van der Waals surface area contributed by atoms with Gasteiger partial charge in [-0.05, 0) is 25.3 Å². The van der Waals surface area contributed by atoms with Gasteiger partial charge in [0, 0.05) is 29.5 Å². The number of rotatable bonds is 8. The molecule has 0 radical (unpaired) electrons. The number of allylic oxidation sites excluding steroid dienone is 3. The summed E-state index contributed by atoms with van der Waals surface area (Å²) in [5, 5.41) is 7.93. The summed E-state index contributed by atoms with van der Waals surface area (Å²) in [6, 6.07) is 1.28. The first-order valence-corrected chi connectivity index (χ1v) is 13.0. The fraction of sp³-hybridized carbons (Fsp3) is 0.652. The van der Waals surface area contributed by atoms with Crippen LogP contribution in [0.1, 0.15) is 58.2 Å². The lowest BCUT2D eigenvalue weighted by molar-refractivity contribution is -0.167. The number of halogens is 4. The molecule has 2 unspecified atom stereocenters. The van der Waals surface area contributed by atoms with E-state index in [0.29, 0.717) is 30.5 Å². The maximum absolute atomic E-state index is 12.3. The molecule has 3 rings (SSSR count). The summed E-state index contributed by atoms with van der Waals surface area (Å²) in [5.74, 6) is 1.11. The normalized spacial score (nSPS) is 21.2. The van der Waals surface area contributed by atoms with Gasteiger partial charge in [-0.15, -0.1) is 0 Å². The molecule has 1 N–H and O–H groups in total. The molecule has 0 aromatic carbocycles. The van der Waals surface area contributed by atoms with E-state index < -0.39 is 22.5 Å². The third kappa shape index (κ3) is 9.02. The Bertz CT molecular complexity index is 931. The quantitative estimate of drug-likeness (QED) is 0.279. The number of carbonyl (C=O) groups is 1. The number of alkyl halides is 3. The molecule has 1 aromatic heterocycles. The Morgan fingerprint density at radius 1 is 1.26 bits per heavy atom. The van der Waals surface area contributed by atoms with E-state index in [4.69, 9.17) is 70.4 Å². The Morgan fingerprint density at radius 3 is 2.69 bits per heavy atom. The fourth-order valence-corrected chi connectivity index (χ4v) is 3.88. The Hall–Kier alpha value is -1.16. The topological polar surface area (TPSA) is 83.8 Å². The van der Waals surface area contributed by atoms with Crippen LogP contribution < -0.4 is 5.32 Å². The van der Waals surface area contributed by atoms with Crippen LogP contribution in [0.4, 0.5) is 10.6 Å². The summed E-state index contributed by atoms with van der Waals surface area (Å²) < 4.78 is 22.1. The van der Waals surface area contributed by atoms with Gasteiger partial charge >= 0.3 is 6.09 Å². The first-order valence-electron chi connectivity index (χ1n) is 11.5. The van der Waals surface area contributed by atoms with Crippen LogP contribution in [0.25, 0.3) is 0 Å². The Morgan fingerprint density at radius 2 is 2.03 bits per heavy atom. The smallest absolute Gasteiger partial charge is 0.412 e. The van der Waals surface area contributed by atoms with Crippen molar-refractivity contribution in [3.05, 3.63) is 34.7 Å². The van der Waals surface area contributed by atoms with Gasteiger partial charge in [0.2, 0.25) is 3.79 Å². The highest BCUT2D eigenvalue weighted by molar-refractivity contribution is 6.67. The number of anilines is 1. The van der Waals surface area contributed by atoms with Crippen molar-refractivity contribution in [2.45, 2.75) is 68.0 Å². The zero-order chi connectivity index (χ0) is 25.6. The van der Waals surface area contributed by atoms with E-state index in [-0.39, 0.29) is 11.7 Å². The Labute approximate surface area is 225 Å². The van der Waals surface area contributed by atoms with E-state index >= 15 is 0 Å². The van der Waals surface area contributed by atoms with E-state index in [1.54, 1.807) is 10.7 Å². The zero-order valence-corrected chi connectivity index (χ0v) is 23.0. The first kappa shape index (κ1) is 28.4. The van der Waals surface area contributed by atoms with E-state index in [1.807, 2.05) is 32.9 Å². The molecular weight excluding hydrogens is 540 g/mol. The van der Waals surface area contributed by atoms with Crippen LogP contribution in [0.5, 0.6) is 0 Å². The van der Waals surface area contributed by atoms with Crippen LogP contribution in [0.3, 0.4) is 0 Å². The molecule has 2 aliphatic rings. The first-order chi connectivity index (χ1) is 16.4. The van der Waals surface area contributed by atoms with Gasteiger partial charge in [-0.3, -0.25) is 5.32 Å². The number of aromatic nitrogens is 2. The van der Waals surface area contributed by atoms with Gasteiger partial charge in [0.25, 0.3) is 0 Å². The van der Waals surface area contributed by atoms with Crippen molar-refractivity contribution in [2.75, 3.05) is 31.7 Å². The Kier molecular flexibility index (Phi) is 10.1. The molecule has 1 aromatic rings. The van der Waals surface area contributed by atoms with Crippen LogP contribution in [-0.4, -0.2) is 52.4 Å². The minimum Gasteiger partial charge on any atom is -0.495 e. The second kappa shape index (κ2) is 12.4. The SMILES string of the molecule is CC(C)(C)c1cc(NC(=O)OCC(Cl)(Cl)Cl)n(C2C=C(OCCOC3CCCCO3)CC=C2Cl)n1. The number of hydrogen-bond acceptors (Lipinski definition) is 6. The monoisotopic (exact) mass is 569 g/mol. The molecule has 2 atom stereocenters. The van der Waals surface area contributed by atoms with Crippen LogP contribution >= 0.6 is 46.4 Å². The number of ether oxygens (including phenoxy) is 4. The molecular formula is C23H31Cl4N3O5. The number of amides is 1.